The van der Waals surface area contributed by atoms with Crippen molar-refractivity contribution in [3.05, 3.63) is 30.1 Å². The van der Waals surface area contributed by atoms with Gasteiger partial charge in [-0.25, -0.2) is 9.18 Å². The first-order chi connectivity index (χ1) is 11.5. The van der Waals surface area contributed by atoms with Gasteiger partial charge in [0.05, 0.1) is 0 Å². The zero-order valence-corrected chi connectivity index (χ0v) is 13.7. The molecule has 1 heterocycles. The Morgan fingerprint density at radius 2 is 1.96 bits per heavy atom. The summed E-state index contributed by atoms with van der Waals surface area (Å²) in [6.45, 7) is 2.91. The van der Waals surface area contributed by atoms with Crippen LogP contribution in [0, 0.1) is 5.82 Å². The number of piperidine rings is 1. The standard InChI is InChI=1S/C17H22FNO5/c1-2-11-23-12-15(20)19-9-7-17(8-10-19,16(21)22)24-14-6-4-3-5-13(14)18/h3-6H,2,7-12H2,1H3,(H,21,22). The van der Waals surface area contributed by atoms with Crippen molar-refractivity contribution in [1.82, 2.24) is 4.90 Å². The van der Waals surface area contributed by atoms with Crippen molar-refractivity contribution in [3.8, 4) is 5.75 Å². The minimum atomic E-state index is -1.52. The van der Waals surface area contributed by atoms with Gasteiger partial charge in [-0.3, -0.25) is 4.79 Å². The number of carboxylic acid groups (broad SMARTS) is 1. The third-order valence-electron chi connectivity index (χ3n) is 4.03. The lowest BCUT2D eigenvalue weighted by molar-refractivity contribution is -0.162. The van der Waals surface area contributed by atoms with Crippen molar-refractivity contribution in [1.29, 1.82) is 0 Å². The molecular weight excluding hydrogens is 317 g/mol. The van der Waals surface area contributed by atoms with Crippen LogP contribution in [0.25, 0.3) is 0 Å². The van der Waals surface area contributed by atoms with Gasteiger partial charge in [0.2, 0.25) is 11.5 Å². The fraction of sp³-hybridized carbons (Fsp3) is 0.529. The van der Waals surface area contributed by atoms with Crippen molar-refractivity contribution in [3.63, 3.8) is 0 Å². The summed E-state index contributed by atoms with van der Waals surface area (Å²) in [5, 5.41) is 9.56. The number of carbonyl (C=O) groups is 2. The molecule has 6 nitrogen and oxygen atoms in total. The molecule has 1 amide bonds. The summed E-state index contributed by atoms with van der Waals surface area (Å²) in [7, 11) is 0. The van der Waals surface area contributed by atoms with Crippen LogP contribution in [0.4, 0.5) is 4.39 Å². The Morgan fingerprint density at radius 1 is 1.29 bits per heavy atom. The van der Waals surface area contributed by atoms with Gasteiger partial charge >= 0.3 is 5.97 Å². The summed E-state index contributed by atoms with van der Waals surface area (Å²) in [6, 6.07) is 5.70. The van der Waals surface area contributed by atoms with Gasteiger partial charge in [-0.15, -0.1) is 0 Å². The summed E-state index contributed by atoms with van der Waals surface area (Å²) in [5.41, 5.74) is -1.52. The molecule has 1 aromatic rings. The lowest BCUT2D eigenvalue weighted by Crippen LogP contribution is -2.54. The molecule has 0 aliphatic carbocycles. The Morgan fingerprint density at radius 3 is 2.54 bits per heavy atom. The van der Waals surface area contributed by atoms with E-state index in [1.807, 2.05) is 6.92 Å². The minimum Gasteiger partial charge on any atom is -0.478 e. The molecule has 7 heteroatoms. The average Bonchev–Trinajstić information content (AvgIpc) is 2.57. The molecule has 1 fully saturated rings. The Balaban J connectivity index is 2.00. The molecular formula is C17H22FNO5. The van der Waals surface area contributed by atoms with E-state index in [0.717, 1.165) is 6.42 Å². The Kier molecular flexibility index (Phi) is 6.14. The highest BCUT2D eigenvalue weighted by molar-refractivity contribution is 5.80. The van der Waals surface area contributed by atoms with Crippen molar-refractivity contribution in [2.24, 2.45) is 0 Å². The molecule has 0 radical (unpaired) electrons. The molecule has 0 bridgehead atoms. The Labute approximate surface area is 140 Å². The van der Waals surface area contributed by atoms with E-state index in [-0.39, 0.29) is 44.2 Å². The summed E-state index contributed by atoms with van der Waals surface area (Å²) < 4.78 is 24.5. The van der Waals surface area contributed by atoms with E-state index in [4.69, 9.17) is 9.47 Å². The fourth-order valence-corrected chi connectivity index (χ4v) is 2.61. The maximum Gasteiger partial charge on any atom is 0.348 e. The summed E-state index contributed by atoms with van der Waals surface area (Å²) in [6.07, 6.45) is 1.01. The molecule has 1 aliphatic heterocycles. The minimum absolute atomic E-state index is 0.0118. The number of hydrogen-bond donors (Lipinski definition) is 1. The second-order valence-corrected chi connectivity index (χ2v) is 5.77. The number of aliphatic carboxylic acids is 1. The van der Waals surface area contributed by atoms with Crippen molar-refractivity contribution < 1.29 is 28.6 Å². The van der Waals surface area contributed by atoms with Gasteiger partial charge in [0.25, 0.3) is 0 Å². The highest BCUT2D eigenvalue weighted by atomic mass is 19.1. The van der Waals surface area contributed by atoms with Crippen LogP contribution in [0.1, 0.15) is 26.2 Å². The third kappa shape index (κ3) is 4.23. The Bertz CT molecular complexity index is 584. The molecule has 24 heavy (non-hydrogen) atoms. The van der Waals surface area contributed by atoms with Gasteiger partial charge in [0.1, 0.15) is 6.61 Å². The normalized spacial score (nSPS) is 16.7. The zero-order chi connectivity index (χ0) is 17.6. The summed E-state index contributed by atoms with van der Waals surface area (Å²) >= 11 is 0. The van der Waals surface area contributed by atoms with Crippen LogP contribution < -0.4 is 4.74 Å². The number of benzene rings is 1. The largest absolute Gasteiger partial charge is 0.478 e. The van der Waals surface area contributed by atoms with Gasteiger partial charge in [-0.2, -0.15) is 0 Å². The highest BCUT2D eigenvalue weighted by Crippen LogP contribution is 2.30. The van der Waals surface area contributed by atoms with E-state index in [0.29, 0.717) is 6.61 Å². The SMILES string of the molecule is CCCOCC(=O)N1CCC(Oc2ccccc2F)(C(=O)O)CC1. The lowest BCUT2D eigenvalue weighted by Gasteiger charge is -2.38. The maximum atomic E-state index is 13.8. The topological polar surface area (TPSA) is 76.1 Å². The molecule has 132 valence electrons. The molecule has 0 spiro atoms. The van der Waals surface area contributed by atoms with Crippen LogP contribution in [0.5, 0.6) is 5.75 Å². The number of nitrogens with zero attached hydrogens (tertiary/aromatic N) is 1. The summed E-state index contributed by atoms with van der Waals surface area (Å²) in [5.74, 6) is -2.02. The van der Waals surface area contributed by atoms with Crippen LogP contribution in [-0.2, 0) is 14.3 Å². The lowest BCUT2D eigenvalue weighted by atomic mass is 9.91. The van der Waals surface area contributed by atoms with Crippen LogP contribution in [-0.4, -0.2) is 53.8 Å². The zero-order valence-electron chi connectivity index (χ0n) is 13.7. The molecule has 0 unspecified atom stereocenters. The predicted molar refractivity (Wildman–Crippen MR) is 84.3 cm³/mol. The van der Waals surface area contributed by atoms with Crippen LogP contribution in [0.2, 0.25) is 0 Å². The summed E-state index contributed by atoms with van der Waals surface area (Å²) in [4.78, 5) is 25.3. The number of carbonyl (C=O) groups excluding carboxylic acids is 1. The van der Waals surface area contributed by atoms with Crippen LogP contribution in [0.15, 0.2) is 24.3 Å². The number of halogens is 1. The van der Waals surface area contributed by atoms with E-state index < -0.39 is 17.4 Å². The van der Waals surface area contributed by atoms with Gasteiger partial charge < -0.3 is 19.5 Å². The first-order valence-corrected chi connectivity index (χ1v) is 8.01. The van der Waals surface area contributed by atoms with Crippen molar-refractivity contribution >= 4 is 11.9 Å². The van der Waals surface area contributed by atoms with Gasteiger partial charge in [0, 0.05) is 32.5 Å². The van der Waals surface area contributed by atoms with Gasteiger partial charge in [-0.05, 0) is 18.6 Å². The van der Waals surface area contributed by atoms with E-state index in [9.17, 15) is 19.1 Å². The number of ether oxygens (including phenoxy) is 2. The molecule has 0 aromatic heterocycles. The first kappa shape index (κ1) is 18.2. The molecule has 2 rings (SSSR count). The molecule has 0 saturated carbocycles. The number of likely N-dealkylation sites (tertiary alicyclic amines) is 1. The highest BCUT2D eigenvalue weighted by Gasteiger charge is 2.45. The third-order valence-corrected chi connectivity index (χ3v) is 4.03. The second-order valence-electron chi connectivity index (χ2n) is 5.77. The van der Waals surface area contributed by atoms with Gasteiger partial charge in [0.15, 0.2) is 11.6 Å². The quantitative estimate of drug-likeness (QED) is 0.770. The average molecular weight is 339 g/mol. The first-order valence-electron chi connectivity index (χ1n) is 8.01. The van der Waals surface area contributed by atoms with Crippen LogP contribution >= 0.6 is 0 Å². The fourth-order valence-electron chi connectivity index (χ4n) is 2.61. The second kappa shape index (κ2) is 8.10. The van der Waals surface area contributed by atoms with E-state index >= 15 is 0 Å². The molecule has 1 aromatic carbocycles. The van der Waals surface area contributed by atoms with Crippen molar-refractivity contribution in [2.45, 2.75) is 31.8 Å². The molecule has 1 aliphatic rings. The smallest absolute Gasteiger partial charge is 0.348 e. The number of para-hydroxylation sites is 1. The van der Waals surface area contributed by atoms with E-state index in [2.05, 4.69) is 0 Å². The number of amides is 1. The van der Waals surface area contributed by atoms with E-state index in [1.54, 1.807) is 11.0 Å². The monoisotopic (exact) mass is 339 g/mol. The number of rotatable bonds is 7. The molecule has 0 atom stereocenters. The predicted octanol–water partition coefficient (Wildman–Crippen LogP) is 2.08. The maximum absolute atomic E-state index is 13.8. The van der Waals surface area contributed by atoms with Crippen LogP contribution in [0.3, 0.4) is 0 Å². The molecule has 1 N–H and O–H groups in total. The number of carboxylic acids is 1. The Hall–Kier alpha value is -2.15. The van der Waals surface area contributed by atoms with E-state index in [1.165, 1.54) is 18.2 Å². The molecule has 1 saturated heterocycles. The van der Waals surface area contributed by atoms with Gasteiger partial charge in [-0.1, -0.05) is 19.1 Å². The van der Waals surface area contributed by atoms with Crippen molar-refractivity contribution in [2.75, 3.05) is 26.3 Å². The number of hydrogen-bond acceptors (Lipinski definition) is 4.